The molecule has 1 atom stereocenters. The van der Waals surface area contributed by atoms with E-state index in [2.05, 4.69) is 10.6 Å². The number of rotatable bonds is 4. The summed E-state index contributed by atoms with van der Waals surface area (Å²) < 4.78 is 38.4. The lowest BCUT2D eigenvalue weighted by Crippen LogP contribution is -2.28. The van der Waals surface area contributed by atoms with Crippen LogP contribution in [0.25, 0.3) is 0 Å². The van der Waals surface area contributed by atoms with Crippen LogP contribution in [-0.2, 0) is 6.18 Å². The van der Waals surface area contributed by atoms with Crippen LogP contribution in [0, 0.1) is 5.92 Å². The maximum Gasteiger partial charge on any atom is 0.417 e. The molecular formula is C14H17F3N2O. The molecule has 0 spiro atoms. The van der Waals surface area contributed by atoms with Crippen molar-refractivity contribution in [3.05, 3.63) is 35.4 Å². The van der Waals surface area contributed by atoms with Crippen LogP contribution in [0.1, 0.15) is 28.8 Å². The highest BCUT2D eigenvalue weighted by atomic mass is 19.4. The molecule has 0 radical (unpaired) electrons. The van der Waals surface area contributed by atoms with E-state index >= 15 is 0 Å². The van der Waals surface area contributed by atoms with Gasteiger partial charge in [0.1, 0.15) is 0 Å². The average molecular weight is 286 g/mol. The second-order valence-electron chi connectivity index (χ2n) is 4.95. The first-order valence-electron chi connectivity index (χ1n) is 6.63. The standard InChI is InChI=1S/C14H17F3N2O/c15-14(16,17)12-4-2-1-3-11(12)13(20)19-8-6-10-5-7-18-9-10/h1-4,10,18H,5-9H2,(H,19,20). The first kappa shape index (κ1) is 14.8. The SMILES string of the molecule is O=C(NCCC1CCNC1)c1ccccc1C(F)(F)F. The fourth-order valence-electron chi connectivity index (χ4n) is 2.37. The van der Waals surface area contributed by atoms with Gasteiger partial charge in [-0.2, -0.15) is 13.2 Å². The molecule has 1 aromatic carbocycles. The molecule has 2 N–H and O–H groups in total. The molecule has 6 heteroatoms. The zero-order chi connectivity index (χ0) is 14.6. The van der Waals surface area contributed by atoms with E-state index in [1.807, 2.05) is 0 Å². The van der Waals surface area contributed by atoms with Gasteiger partial charge in [0.05, 0.1) is 11.1 Å². The van der Waals surface area contributed by atoms with E-state index in [0.29, 0.717) is 12.5 Å². The summed E-state index contributed by atoms with van der Waals surface area (Å²) in [6.07, 6.45) is -2.68. The molecule has 0 saturated carbocycles. The quantitative estimate of drug-likeness (QED) is 0.892. The number of nitrogens with one attached hydrogen (secondary N) is 2. The lowest BCUT2D eigenvalue weighted by atomic mass is 10.0. The molecule has 2 rings (SSSR count). The molecule has 1 amide bonds. The Balaban J connectivity index is 1.95. The summed E-state index contributed by atoms with van der Waals surface area (Å²) in [6, 6.07) is 4.85. The molecule has 110 valence electrons. The van der Waals surface area contributed by atoms with E-state index < -0.39 is 17.6 Å². The molecule has 0 aliphatic carbocycles. The van der Waals surface area contributed by atoms with Crippen LogP contribution >= 0.6 is 0 Å². The molecular weight excluding hydrogens is 269 g/mol. The number of carbonyl (C=O) groups is 1. The molecule has 1 aliphatic rings. The minimum atomic E-state index is -4.51. The van der Waals surface area contributed by atoms with Crippen LogP contribution in [0.4, 0.5) is 13.2 Å². The summed E-state index contributed by atoms with van der Waals surface area (Å²) in [4.78, 5) is 11.9. The maximum atomic E-state index is 12.8. The average Bonchev–Trinajstić information content (AvgIpc) is 2.91. The molecule has 1 saturated heterocycles. The highest BCUT2D eigenvalue weighted by Crippen LogP contribution is 2.31. The van der Waals surface area contributed by atoms with Gasteiger partial charge in [0.25, 0.3) is 5.91 Å². The first-order chi connectivity index (χ1) is 9.48. The van der Waals surface area contributed by atoms with Crippen molar-refractivity contribution in [1.82, 2.24) is 10.6 Å². The monoisotopic (exact) mass is 286 g/mol. The van der Waals surface area contributed by atoms with E-state index in [-0.39, 0.29) is 5.56 Å². The minimum Gasteiger partial charge on any atom is -0.352 e. The third-order valence-corrected chi connectivity index (χ3v) is 3.48. The van der Waals surface area contributed by atoms with Crippen molar-refractivity contribution in [2.24, 2.45) is 5.92 Å². The Morgan fingerprint density at radius 2 is 2.10 bits per heavy atom. The van der Waals surface area contributed by atoms with Gasteiger partial charge in [-0.05, 0) is 44.0 Å². The number of alkyl halides is 3. The molecule has 1 aromatic rings. The lowest BCUT2D eigenvalue weighted by Gasteiger charge is -2.13. The molecule has 0 aromatic heterocycles. The number of amides is 1. The Labute approximate surface area is 115 Å². The van der Waals surface area contributed by atoms with E-state index in [1.165, 1.54) is 18.2 Å². The summed E-state index contributed by atoms with van der Waals surface area (Å²) in [6.45, 7) is 2.28. The van der Waals surface area contributed by atoms with Gasteiger partial charge >= 0.3 is 6.18 Å². The Morgan fingerprint density at radius 3 is 2.75 bits per heavy atom. The third-order valence-electron chi connectivity index (χ3n) is 3.48. The normalized spacial score (nSPS) is 19.1. The zero-order valence-electron chi connectivity index (χ0n) is 11.0. The minimum absolute atomic E-state index is 0.315. The van der Waals surface area contributed by atoms with Crippen LogP contribution in [0.3, 0.4) is 0 Å². The van der Waals surface area contributed by atoms with Crippen LogP contribution in [0.2, 0.25) is 0 Å². The third kappa shape index (κ3) is 3.72. The Kier molecular flexibility index (Phi) is 4.65. The van der Waals surface area contributed by atoms with Gasteiger partial charge in [-0.1, -0.05) is 12.1 Å². The summed E-state index contributed by atoms with van der Waals surface area (Å²) in [5, 5.41) is 5.78. The number of halogens is 3. The molecule has 1 unspecified atom stereocenters. The summed E-state index contributed by atoms with van der Waals surface area (Å²) >= 11 is 0. The fraction of sp³-hybridized carbons (Fsp3) is 0.500. The zero-order valence-corrected chi connectivity index (χ0v) is 11.0. The molecule has 3 nitrogen and oxygen atoms in total. The number of hydrogen-bond donors (Lipinski definition) is 2. The first-order valence-corrected chi connectivity index (χ1v) is 6.63. The smallest absolute Gasteiger partial charge is 0.352 e. The van der Waals surface area contributed by atoms with E-state index in [0.717, 1.165) is 32.0 Å². The van der Waals surface area contributed by atoms with Crippen LogP contribution in [0.5, 0.6) is 0 Å². The Bertz CT molecular complexity index is 468. The van der Waals surface area contributed by atoms with Gasteiger partial charge in [-0.3, -0.25) is 4.79 Å². The second kappa shape index (κ2) is 6.26. The second-order valence-corrected chi connectivity index (χ2v) is 4.95. The predicted octanol–water partition coefficient (Wildman–Crippen LogP) is 2.43. The molecule has 1 fully saturated rings. The fourth-order valence-corrected chi connectivity index (χ4v) is 2.37. The predicted molar refractivity (Wildman–Crippen MR) is 69.4 cm³/mol. The van der Waals surface area contributed by atoms with E-state index in [9.17, 15) is 18.0 Å². The molecule has 20 heavy (non-hydrogen) atoms. The van der Waals surface area contributed by atoms with Gasteiger partial charge in [-0.15, -0.1) is 0 Å². The van der Waals surface area contributed by atoms with Crippen molar-refractivity contribution in [3.63, 3.8) is 0 Å². The van der Waals surface area contributed by atoms with Crippen molar-refractivity contribution in [3.8, 4) is 0 Å². The highest BCUT2D eigenvalue weighted by Gasteiger charge is 2.34. The van der Waals surface area contributed by atoms with Crippen LogP contribution in [0.15, 0.2) is 24.3 Å². The number of benzene rings is 1. The molecule has 0 bridgehead atoms. The van der Waals surface area contributed by atoms with Crippen LogP contribution < -0.4 is 10.6 Å². The van der Waals surface area contributed by atoms with Crippen molar-refractivity contribution in [2.75, 3.05) is 19.6 Å². The topological polar surface area (TPSA) is 41.1 Å². The summed E-state index contributed by atoms with van der Waals surface area (Å²) in [5.74, 6) is -0.169. The van der Waals surface area contributed by atoms with Crippen LogP contribution in [-0.4, -0.2) is 25.5 Å². The van der Waals surface area contributed by atoms with Crippen molar-refractivity contribution in [2.45, 2.75) is 19.0 Å². The van der Waals surface area contributed by atoms with Crippen molar-refractivity contribution in [1.29, 1.82) is 0 Å². The van der Waals surface area contributed by atoms with Gasteiger partial charge in [-0.25, -0.2) is 0 Å². The van der Waals surface area contributed by atoms with E-state index in [4.69, 9.17) is 0 Å². The molecule has 1 heterocycles. The maximum absolute atomic E-state index is 12.8. The van der Waals surface area contributed by atoms with Gasteiger partial charge in [0, 0.05) is 6.54 Å². The summed E-state index contributed by atoms with van der Waals surface area (Å²) in [7, 11) is 0. The van der Waals surface area contributed by atoms with Crippen molar-refractivity contribution < 1.29 is 18.0 Å². The number of carbonyl (C=O) groups excluding carboxylic acids is 1. The van der Waals surface area contributed by atoms with E-state index in [1.54, 1.807) is 0 Å². The lowest BCUT2D eigenvalue weighted by molar-refractivity contribution is -0.137. The Hall–Kier alpha value is -1.56. The van der Waals surface area contributed by atoms with Gasteiger partial charge in [0.2, 0.25) is 0 Å². The van der Waals surface area contributed by atoms with Crippen molar-refractivity contribution >= 4 is 5.91 Å². The van der Waals surface area contributed by atoms with Gasteiger partial charge in [0.15, 0.2) is 0 Å². The number of hydrogen-bond acceptors (Lipinski definition) is 2. The van der Waals surface area contributed by atoms with Gasteiger partial charge < -0.3 is 10.6 Å². The summed E-state index contributed by atoms with van der Waals surface area (Å²) in [5.41, 5.74) is -1.20. The highest BCUT2D eigenvalue weighted by molar-refractivity contribution is 5.95. The largest absolute Gasteiger partial charge is 0.417 e. The molecule has 1 aliphatic heterocycles. The Morgan fingerprint density at radius 1 is 1.35 bits per heavy atom.